The van der Waals surface area contributed by atoms with E-state index in [2.05, 4.69) is 11.0 Å². The molecule has 0 unspecified atom stereocenters. The van der Waals surface area contributed by atoms with Gasteiger partial charge in [-0.3, -0.25) is 0 Å². The average Bonchev–Trinajstić information content (AvgIpc) is 2.67. The Morgan fingerprint density at radius 1 is 1.11 bits per heavy atom. The van der Waals surface area contributed by atoms with Gasteiger partial charge in [0.05, 0.1) is 19.1 Å². The number of rotatable bonds is 7. The van der Waals surface area contributed by atoms with Crippen molar-refractivity contribution in [2.75, 3.05) is 20.8 Å². The van der Waals surface area contributed by atoms with E-state index in [1.54, 1.807) is 30.2 Å². The molecule has 0 amide bonds. The van der Waals surface area contributed by atoms with Gasteiger partial charge in [0.2, 0.25) is 0 Å². The summed E-state index contributed by atoms with van der Waals surface area (Å²) >= 11 is 0. The van der Waals surface area contributed by atoms with E-state index in [-0.39, 0.29) is 10.9 Å². The van der Waals surface area contributed by atoms with Gasteiger partial charge < -0.3 is 14.4 Å². The van der Waals surface area contributed by atoms with Crippen LogP contribution in [0.3, 0.4) is 0 Å². The zero-order valence-corrected chi connectivity index (χ0v) is 16.6. The van der Waals surface area contributed by atoms with Crippen molar-refractivity contribution < 1.29 is 17.9 Å². The molecule has 0 N–H and O–H groups in total. The maximum absolute atomic E-state index is 12.6. The van der Waals surface area contributed by atoms with Crippen LogP contribution < -0.4 is 4.74 Å². The van der Waals surface area contributed by atoms with Crippen LogP contribution in [0.15, 0.2) is 70.5 Å². The number of ether oxygens (including phenoxy) is 2. The second-order valence-electron chi connectivity index (χ2n) is 5.88. The first-order chi connectivity index (χ1) is 12.9. The Balaban J connectivity index is 2.31. The molecule has 0 saturated carbocycles. The lowest BCUT2D eigenvalue weighted by molar-refractivity contribution is 0.292. The quantitative estimate of drug-likeness (QED) is 0.413. The summed E-state index contributed by atoms with van der Waals surface area (Å²) < 4.78 is 39.6. The first kappa shape index (κ1) is 20.5. The van der Waals surface area contributed by atoms with Gasteiger partial charge in [-0.15, -0.1) is 11.0 Å². The molecule has 0 heterocycles. The fourth-order valence-electron chi connectivity index (χ4n) is 2.41. The number of hydrogen-bond acceptors (Lipinski definition) is 4. The predicted octanol–water partition coefficient (Wildman–Crippen LogP) is 3.38. The van der Waals surface area contributed by atoms with Crippen LogP contribution in [0, 0.1) is 6.92 Å². The Morgan fingerprint density at radius 3 is 2.26 bits per heavy atom. The highest BCUT2D eigenvalue weighted by atomic mass is 32.2. The van der Waals surface area contributed by atoms with Gasteiger partial charge in [0, 0.05) is 13.1 Å². The lowest BCUT2D eigenvalue weighted by atomic mass is 10.2. The van der Waals surface area contributed by atoms with E-state index in [0.29, 0.717) is 13.1 Å². The first-order valence-electron chi connectivity index (χ1n) is 8.34. The lowest BCUT2D eigenvalue weighted by Crippen LogP contribution is -2.32. The predicted molar refractivity (Wildman–Crippen MR) is 106 cm³/mol. The highest BCUT2D eigenvalue weighted by Gasteiger charge is 2.19. The highest BCUT2D eigenvalue weighted by Crippen LogP contribution is 2.17. The highest BCUT2D eigenvalue weighted by molar-refractivity contribution is 7.90. The third-order valence-corrected chi connectivity index (χ3v) is 5.12. The van der Waals surface area contributed by atoms with Crippen LogP contribution >= 0.6 is 0 Å². The minimum Gasteiger partial charge on any atom is -0.497 e. The number of sulfonamides is 1. The fourth-order valence-corrected chi connectivity index (χ4v) is 3.39. The van der Waals surface area contributed by atoms with E-state index in [1.165, 1.54) is 19.2 Å². The number of aryl methyl sites for hydroxylation is 1. The van der Waals surface area contributed by atoms with Gasteiger partial charge in [-0.2, -0.15) is 8.42 Å². The molecule has 2 rings (SSSR count). The van der Waals surface area contributed by atoms with Gasteiger partial charge in [-0.1, -0.05) is 35.9 Å². The summed E-state index contributed by atoms with van der Waals surface area (Å²) in [6.07, 6.45) is 1.66. The summed E-state index contributed by atoms with van der Waals surface area (Å²) in [4.78, 5) is 1.81. The topological polar surface area (TPSA) is 68.2 Å². The summed E-state index contributed by atoms with van der Waals surface area (Å²) in [7, 11) is -0.889. The smallest absolute Gasteiger partial charge is 0.303 e. The molecule has 0 saturated heterocycles. The zero-order valence-electron chi connectivity index (χ0n) is 15.8. The molecule has 0 aliphatic carbocycles. The van der Waals surface area contributed by atoms with Crippen molar-refractivity contribution in [1.29, 1.82) is 0 Å². The van der Waals surface area contributed by atoms with Crippen molar-refractivity contribution in [1.82, 2.24) is 4.90 Å². The maximum Gasteiger partial charge on any atom is 0.303 e. The summed E-state index contributed by atoms with van der Waals surface area (Å²) in [5, 5.41) is 0. The maximum atomic E-state index is 12.6. The molecule has 0 aromatic heterocycles. The Hall–Kier alpha value is -2.80. The summed E-state index contributed by atoms with van der Waals surface area (Å²) in [6.45, 7) is 6.40. The van der Waals surface area contributed by atoms with Gasteiger partial charge >= 0.3 is 6.02 Å². The average molecular weight is 388 g/mol. The third-order valence-electron chi connectivity index (χ3n) is 3.85. The van der Waals surface area contributed by atoms with Crippen molar-refractivity contribution in [3.63, 3.8) is 0 Å². The van der Waals surface area contributed by atoms with Gasteiger partial charge in [0.25, 0.3) is 10.0 Å². The van der Waals surface area contributed by atoms with Gasteiger partial charge in [-0.25, -0.2) is 0 Å². The molecular formula is C20H24N2O4S. The van der Waals surface area contributed by atoms with Crippen LogP contribution in [0.4, 0.5) is 0 Å². The van der Waals surface area contributed by atoms with Crippen LogP contribution in [0.25, 0.3) is 0 Å². The third kappa shape index (κ3) is 5.59. The molecule has 6 nitrogen and oxygen atoms in total. The molecule has 2 aromatic rings. The Morgan fingerprint density at radius 2 is 1.74 bits per heavy atom. The van der Waals surface area contributed by atoms with Gasteiger partial charge in [-0.05, 0) is 36.8 Å². The molecule has 0 spiro atoms. The van der Waals surface area contributed by atoms with E-state index in [9.17, 15) is 8.42 Å². The van der Waals surface area contributed by atoms with E-state index >= 15 is 0 Å². The van der Waals surface area contributed by atoms with Crippen LogP contribution in [0.1, 0.15) is 11.1 Å². The molecule has 144 valence electrons. The van der Waals surface area contributed by atoms with Crippen LogP contribution in [-0.4, -0.2) is 40.1 Å². The van der Waals surface area contributed by atoms with E-state index in [1.807, 2.05) is 31.2 Å². The van der Waals surface area contributed by atoms with E-state index in [4.69, 9.17) is 9.47 Å². The summed E-state index contributed by atoms with van der Waals surface area (Å²) in [6, 6.07) is 14.0. The number of hydrogen-bond donors (Lipinski definition) is 0. The standard InChI is InChI=1S/C20H24N2O4S/c1-5-14-22(15-17-8-10-18(25-3)11-9-17)20(26-4)21-27(23,24)19-12-6-16(2)7-13-19/h5-13H,1,14-15H2,2-4H3/b21-20-. The van der Waals surface area contributed by atoms with Crippen molar-refractivity contribution in [2.45, 2.75) is 18.4 Å². The minimum absolute atomic E-state index is 0.00583. The van der Waals surface area contributed by atoms with Crippen molar-refractivity contribution in [3.8, 4) is 5.75 Å². The van der Waals surface area contributed by atoms with Crippen LogP contribution in [-0.2, 0) is 21.3 Å². The largest absolute Gasteiger partial charge is 0.497 e. The second-order valence-corrected chi connectivity index (χ2v) is 7.49. The second kappa shape index (κ2) is 9.23. The summed E-state index contributed by atoms with van der Waals surface area (Å²) in [5.74, 6) is 0.747. The monoisotopic (exact) mass is 388 g/mol. The summed E-state index contributed by atoms with van der Waals surface area (Å²) in [5.41, 5.74) is 1.92. The van der Waals surface area contributed by atoms with Crippen LogP contribution in [0.2, 0.25) is 0 Å². The van der Waals surface area contributed by atoms with Crippen molar-refractivity contribution in [2.24, 2.45) is 4.40 Å². The lowest BCUT2D eigenvalue weighted by Gasteiger charge is -2.23. The molecule has 27 heavy (non-hydrogen) atoms. The minimum atomic E-state index is -3.89. The van der Waals surface area contributed by atoms with E-state index < -0.39 is 10.0 Å². The zero-order chi connectivity index (χ0) is 19.9. The molecule has 0 atom stereocenters. The SMILES string of the molecule is C=CCN(Cc1ccc(OC)cc1)/C(=N/S(=O)(=O)c1ccc(C)cc1)OC. The molecule has 2 aromatic carbocycles. The number of amidine groups is 1. The van der Waals surface area contributed by atoms with Gasteiger partial charge in [0.15, 0.2) is 0 Å². The molecule has 0 radical (unpaired) electrons. The number of benzene rings is 2. The normalized spacial score (nSPS) is 11.7. The number of nitrogens with zero attached hydrogens (tertiary/aromatic N) is 2. The Labute approximate surface area is 160 Å². The molecule has 0 bridgehead atoms. The molecule has 0 aliphatic heterocycles. The molecule has 0 aliphatic rings. The van der Waals surface area contributed by atoms with E-state index in [0.717, 1.165) is 16.9 Å². The Bertz CT molecular complexity index is 889. The van der Waals surface area contributed by atoms with Gasteiger partial charge in [0.1, 0.15) is 5.75 Å². The van der Waals surface area contributed by atoms with Crippen molar-refractivity contribution >= 4 is 16.0 Å². The molecule has 0 fully saturated rings. The molecular weight excluding hydrogens is 364 g/mol. The Kier molecular flexibility index (Phi) is 7.01. The first-order valence-corrected chi connectivity index (χ1v) is 9.78. The fraction of sp³-hybridized carbons (Fsp3) is 0.250. The number of methoxy groups -OCH3 is 2. The molecule has 7 heteroatoms. The van der Waals surface area contributed by atoms with Crippen molar-refractivity contribution in [3.05, 3.63) is 72.3 Å². The van der Waals surface area contributed by atoms with Crippen LogP contribution in [0.5, 0.6) is 5.75 Å².